The van der Waals surface area contributed by atoms with Gasteiger partial charge in [0.1, 0.15) is 0 Å². The number of carbonyl (C=O) groups is 1. The Morgan fingerprint density at radius 1 is 1.31 bits per heavy atom. The summed E-state index contributed by atoms with van der Waals surface area (Å²) < 4.78 is 5.55. The number of ether oxygens (including phenoxy) is 1. The minimum absolute atomic E-state index is 0.198. The van der Waals surface area contributed by atoms with Crippen LogP contribution in [0.3, 0.4) is 0 Å². The summed E-state index contributed by atoms with van der Waals surface area (Å²) in [6, 6.07) is 0.255. The van der Waals surface area contributed by atoms with E-state index in [0.717, 1.165) is 13.0 Å². The molecule has 0 aromatic carbocycles. The lowest BCUT2D eigenvalue weighted by Gasteiger charge is -2.37. The smallest absolute Gasteiger partial charge is 0.223 e. The van der Waals surface area contributed by atoms with E-state index in [1.807, 2.05) is 11.8 Å². The molecule has 3 nitrogen and oxygen atoms in total. The van der Waals surface area contributed by atoms with Gasteiger partial charge in [0.25, 0.3) is 0 Å². The molecule has 2 rings (SSSR count). The van der Waals surface area contributed by atoms with Gasteiger partial charge in [0.15, 0.2) is 0 Å². The van der Waals surface area contributed by atoms with Gasteiger partial charge in [-0.3, -0.25) is 4.79 Å². The van der Waals surface area contributed by atoms with Gasteiger partial charge in [0, 0.05) is 13.0 Å². The van der Waals surface area contributed by atoms with E-state index in [1.54, 1.807) is 0 Å². The van der Waals surface area contributed by atoms with Gasteiger partial charge in [-0.15, -0.1) is 0 Å². The van der Waals surface area contributed by atoms with E-state index < -0.39 is 0 Å². The van der Waals surface area contributed by atoms with Crippen LogP contribution in [-0.2, 0) is 9.53 Å². The molecule has 0 radical (unpaired) electrons. The summed E-state index contributed by atoms with van der Waals surface area (Å²) in [6.45, 7) is 5.59. The normalized spacial score (nSPS) is 32.0. The van der Waals surface area contributed by atoms with Crippen LogP contribution in [-0.4, -0.2) is 36.1 Å². The third kappa shape index (κ3) is 2.76. The molecule has 2 fully saturated rings. The molecular formula is C13H23NO2. The molecule has 1 saturated carbocycles. The first-order valence-corrected chi connectivity index (χ1v) is 6.58. The molecule has 0 spiro atoms. The van der Waals surface area contributed by atoms with Crippen molar-refractivity contribution in [2.24, 2.45) is 5.92 Å². The second-order valence-corrected chi connectivity index (χ2v) is 5.39. The van der Waals surface area contributed by atoms with Gasteiger partial charge >= 0.3 is 0 Å². The Morgan fingerprint density at radius 2 is 2.00 bits per heavy atom. The van der Waals surface area contributed by atoms with E-state index in [9.17, 15) is 4.79 Å². The van der Waals surface area contributed by atoms with Gasteiger partial charge in [-0.2, -0.15) is 0 Å². The van der Waals surface area contributed by atoms with Crippen molar-refractivity contribution in [2.45, 2.75) is 58.1 Å². The monoisotopic (exact) mass is 225 g/mol. The van der Waals surface area contributed by atoms with Crippen LogP contribution in [0.15, 0.2) is 0 Å². The summed E-state index contributed by atoms with van der Waals surface area (Å²) in [5, 5.41) is 0. The van der Waals surface area contributed by atoms with Gasteiger partial charge in [0.05, 0.1) is 18.8 Å². The maximum absolute atomic E-state index is 12.2. The van der Waals surface area contributed by atoms with Crippen LogP contribution in [0.1, 0.15) is 46.0 Å². The van der Waals surface area contributed by atoms with E-state index in [2.05, 4.69) is 6.92 Å². The Kier molecular flexibility index (Phi) is 3.85. The second kappa shape index (κ2) is 5.17. The quantitative estimate of drug-likeness (QED) is 0.721. The fraction of sp³-hybridized carbons (Fsp3) is 0.923. The molecule has 2 atom stereocenters. The lowest BCUT2D eigenvalue weighted by Crippen LogP contribution is -2.50. The molecule has 0 bridgehead atoms. The molecule has 0 unspecified atom stereocenters. The fourth-order valence-corrected chi connectivity index (χ4v) is 2.83. The van der Waals surface area contributed by atoms with E-state index in [4.69, 9.17) is 4.74 Å². The Morgan fingerprint density at radius 3 is 2.69 bits per heavy atom. The molecule has 0 aromatic rings. The number of carbonyl (C=O) groups excluding carboxylic acids is 1. The molecule has 3 heteroatoms. The largest absolute Gasteiger partial charge is 0.375 e. The SMILES string of the molecule is C[C@H]1CN(C(=O)CC2CCCC2)[C@@H](C)CO1. The Bertz CT molecular complexity index is 248. The van der Waals surface area contributed by atoms with Crippen molar-refractivity contribution in [3.63, 3.8) is 0 Å². The molecule has 1 amide bonds. The van der Waals surface area contributed by atoms with Crippen molar-refractivity contribution in [1.82, 2.24) is 4.90 Å². The summed E-state index contributed by atoms with van der Waals surface area (Å²) >= 11 is 0. The maximum atomic E-state index is 12.2. The van der Waals surface area contributed by atoms with Crippen LogP contribution in [0.4, 0.5) is 0 Å². The Balaban J connectivity index is 1.86. The first kappa shape index (κ1) is 11.9. The zero-order chi connectivity index (χ0) is 11.5. The van der Waals surface area contributed by atoms with Crippen LogP contribution in [0, 0.1) is 5.92 Å². The molecule has 0 aromatic heterocycles. The van der Waals surface area contributed by atoms with Crippen LogP contribution in [0.2, 0.25) is 0 Å². The molecule has 1 aliphatic carbocycles. The molecule has 1 saturated heterocycles. The molecule has 92 valence electrons. The van der Waals surface area contributed by atoms with Crippen LogP contribution in [0.25, 0.3) is 0 Å². The van der Waals surface area contributed by atoms with E-state index in [1.165, 1.54) is 25.7 Å². The zero-order valence-electron chi connectivity index (χ0n) is 10.4. The molecule has 1 aliphatic heterocycles. The van der Waals surface area contributed by atoms with Crippen molar-refractivity contribution in [3.05, 3.63) is 0 Å². The van der Waals surface area contributed by atoms with E-state index >= 15 is 0 Å². The number of rotatable bonds is 2. The summed E-state index contributed by atoms with van der Waals surface area (Å²) in [4.78, 5) is 14.2. The Hall–Kier alpha value is -0.570. The topological polar surface area (TPSA) is 29.5 Å². The third-order valence-corrected chi connectivity index (χ3v) is 3.87. The summed E-state index contributed by atoms with van der Waals surface area (Å²) in [5.74, 6) is 0.993. The number of morpholine rings is 1. The first-order chi connectivity index (χ1) is 7.66. The van der Waals surface area contributed by atoms with Crippen LogP contribution >= 0.6 is 0 Å². The molecule has 0 N–H and O–H groups in total. The van der Waals surface area contributed by atoms with Crippen molar-refractivity contribution < 1.29 is 9.53 Å². The number of hydrogen-bond donors (Lipinski definition) is 0. The number of amides is 1. The molecule has 16 heavy (non-hydrogen) atoms. The minimum atomic E-state index is 0.198. The van der Waals surface area contributed by atoms with Crippen LogP contribution in [0.5, 0.6) is 0 Å². The highest BCUT2D eigenvalue weighted by Gasteiger charge is 2.29. The van der Waals surface area contributed by atoms with E-state index in [-0.39, 0.29) is 12.1 Å². The maximum Gasteiger partial charge on any atom is 0.223 e. The van der Waals surface area contributed by atoms with Gasteiger partial charge in [-0.05, 0) is 32.6 Å². The summed E-state index contributed by atoms with van der Waals surface area (Å²) in [7, 11) is 0. The second-order valence-electron chi connectivity index (χ2n) is 5.39. The Labute approximate surface area is 98.1 Å². The lowest BCUT2D eigenvalue weighted by molar-refractivity contribution is -0.144. The van der Waals surface area contributed by atoms with Crippen molar-refractivity contribution in [2.75, 3.05) is 13.2 Å². The van der Waals surface area contributed by atoms with Gasteiger partial charge in [-0.1, -0.05) is 12.8 Å². The van der Waals surface area contributed by atoms with Crippen molar-refractivity contribution in [3.8, 4) is 0 Å². The average molecular weight is 225 g/mol. The highest BCUT2D eigenvalue weighted by atomic mass is 16.5. The predicted octanol–water partition coefficient (Wildman–Crippen LogP) is 2.20. The van der Waals surface area contributed by atoms with Crippen molar-refractivity contribution >= 4 is 5.91 Å². The summed E-state index contributed by atoms with van der Waals surface area (Å²) in [6.07, 6.45) is 6.08. The minimum Gasteiger partial charge on any atom is -0.375 e. The van der Waals surface area contributed by atoms with Crippen molar-refractivity contribution in [1.29, 1.82) is 0 Å². The zero-order valence-corrected chi connectivity index (χ0v) is 10.4. The molecule has 1 heterocycles. The highest BCUT2D eigenvalue weighted by molar-refractivity contribution is 5.77. The lowest BCUT2D eigenvalue weighted by atomic mass is 10.0. The average Bonchev–Trinajstić information content (AvgIpc) is 2.74. The fourth-order valence-electron chi connectivity index (χ4n) is 2.83. The number of nitrogens with zero attached hydrogens (tertiary/aromatic N) is 1. The standard InChI is InChI=1S/C13H23NO2/c1-10-9-16-11(2)8-14(10)13(15)7-12-5-3-4-6-12/h10-12H,3-9H2,1-2H3/t10-,11-/m0/s1. The van der Waals surface area contributed by atoms with Crippen LogP contribution < -0.4 is 0 Å². The molecule has 2 aliphatic rings. The molecular weight excluding hydrogens is 202 g/mol. The highest BCUT2D eigenvalue weighted by Crippen LogP contribution is 2.28. The number of hydrogen-bond acceptors (Lipinski definition) is 2. The third-order valence-electron chi connectivity index (χ3n) is 3.87. The first-order valence-electron chi connectivity index (χ1n) is 6.58. The van der Waals surface area contributed by atoms with E-state index in [0.29, 0.717) is 18.4 Å². The van der Waals surface area contributed by atoms with Gasteiger partial charge in [-0.25, -0.2) is 0 Å². The van der Waals surface area contributed by atoms with Gasteiger partial charge < -0.3 is 9.64 Å². The predicted molar refractivity (Wildman–Crippen MR) is 63.2 cm³/mol. The van der Waals surface area contributed by atoms with Gasteiger partial charge in [0.2, 0.25) is 5.91 Å². The summed E-state index contributed by atoms with van der Waals surface area (Å²) in [5.41, 5.74) is 0.